The monoisotopic (exact) mass is 332 g/mol. The molecule has 2 aliphatic carbocycles. The summed E-state index contributed by atoms with van der Waals surface area (Å²) in [5.41, 5.74) is 6.12. The van der Waals surface area contributed by atoms with Gasteiger partial charge in [0.2, 0.25) is 0 Å². The number of allylic oxidation sites excluding steroid dienone is 2. The van der Waals surface area contributed by atoms with E-state index in [0.717, 1.165) is 24.3 Å². The second-order valence-corrected chi connectivity index (χ2v) is 7.61. The normalized spacial score (nSPS) is 25.7. The maximum atomic E-state index is 11.4. The largest absolute Gasteiger partial charge is 0.478 e. The van der Waals surface area contributed by atoms with Gasteiger partial charge in [0.15, 0.2) is 0 Å². The molecule has 4 rings (SSSR count). The van der Waals surface area contributed by atoms with Gasteiger partial charge in [-0.2, -0.15) is 0 Å². The Kier molecular flexibility index (Phi) is 4.20. The average Bonchev–Trinajstić information content (AvgIpc) is 3.01. The van der Waals surface area contributed by atoms with Gasteiger partial charge >= 0.3 is 5.97 Å². The summed E-state index contributed by atoms with van der Waals surface area (Å²) in [7, 11) is 0. The second kappa shape index (κ2) is 6.51. The number of hydrogen-bond donors (Lipinski definition) is 1. The zero-order valence-electron chi connectivity index (χ0n) is 14.6. The molecule has 0 bridgehead atoms. The van der Waals surface area contributed by atoms with E-state index in [1.165, 1.54) is 18.4 Å². The number of benzene rings is 2. The third-order valence-corrected chi connectivity index (χ3v) is 5.92. The van der Waals surface area contributed by atoms with E-state index in [0.29, 0.717) is 17.4 Å². The molecule has 3 unspecified atom stereocenters. The summed E-state index contributed by atoms with van der Waals surface area (Å²) in [4.78, 5) is 11.4. The molecular weight excluding hydrogens is 308 g/mol. The molecule has 0 saturated heterocycles. The van der Waals surface area contributed by atoms with Gasteiger partial charge in [0.1, 0.15) is 0 Å². The molecule has 2 nitrogen and oxygen atoms in total. The lowest BCUT2D eigenvalue weighted by atomic mass is 9.78. The van der Waals surface area contributed by atoms with Gasteiger partial charge in [-0.1, -0.05) is 60.5 Å². The number of carboxylic acids is 1. The van der Waals surface area contributed by atoms with Crippen LogP contribution in [0.2, 0.25) is 0 Å². The highest BCUT2D eigenvalue weighted by Crippen LogP contribution is 2.54. The van der Waals surface area contributed by atoms with E-state index < -0.39 is 5.97 Å². The number of hydrogen-bond acceptors (Lipinski definition) is 1. The Balaban J connectivity index is 1.79. The Bertz CT molecular complexity index is 819. The van der Waals surface area contributed by atoms with Gasteiger partial charge in [0.05, 0.1) is 5.56 Å². The van der Waals surface area contributed by atoms with E-state index in [4.69, 9.17) is 0 Å². The Morgan fingerprint density at radius 1 is 1.00 bits per heavy atom. The molecule has 2 aromatic rings. The van der Waals surface area contributed by atoms with Crippen molar-refractivity contribution in [2.75, 3.05) is 0 Å². The van der Waals surface area contributed by atoms with Gasteiger partial charge in [-0.05, 0) is 60.8 Å². The molecule has 2 heteroatoms. The summed E-state index contributed by atoms with van der Waals surface area (Å²) in [5.74, 6) is 0.673. The van der Waals surface area contributed by atoms with Crippen LogP contribution in [0.15, 0.2) is 65.7 Å². The zero-order valence-corrected chi connectivity index (χ0v) is 14.6. The molecular formula is C23H24O2. The molecule has 25 heavy (non-hydrogen) atoms. The van der Waals surface area contributed by atoms with Crippen molar-refractivity contribution in [3.05, 3.63) is 82.4 Å². The van der Waals surface area contributed by atoms with Crippen LogP contribution in [0.4, 0.5) is 0 Å². The molecule has 0 radical (unpaired) electrons. The van der Waals surface area contributed by atoms with Crippen LogP contribution in [0.25, 0.3) is 0 Å². The molecule has 2 aliphatic rings. The first-order chi connectivity index (χ1) is 12.1. The molecule has 0 spiro atoms. The van der Waals surface area contributed by atoms with Crippen LogP contribution in [-0.4, -0.2) is 11.1 Å². The van der Waals surface area contributed by atoms with E-state index in [2.05, 4.69) is 43.3 Å². The first-order valence-corrected chi connectivity index (χ1v) is 9.22. The molecule has 0 aliphatic heterocycles. The highest BCUT2D eigenvalue weighted by atomic mass is 16.4. The minimum Gasteiger partial charge on any atom is -0.478 e. The topological polar surface area (TPSA) is 37.3 Å². The zero-order chi connectivity index (χ0) is 17.4. The van der Waals surface area contributed by atoms with Crippen molar-refractivity contribution in [3.8, 4) is 0 Å². The first kappa shape index (κ1) is 16.1. The lowest BCUT2D eigenvalue weighted by Crippen LogP contribution is -2.11. The maximum absolute atomic E-state index is 11.4. The fraction of sp³-hybridized carbons (Fsp3) is 0.348. The summed E-state index contributed by atoms with van der Waals surface area (Å²) in [6.07, 6.45) is 4.72. The van der Waals surface area contributed by atoms with Crippen LogP contribution < -0.4 is 0 Å². The third-order valence-electron chi connectivity index (χ3n) is 5.92. The van der Waals surface area contributed by atoms with E-state index in [1.54, 1.807) is 17.2 Å². The Hall–Kier alpha value is -2.35. The highest BCUT2D eigenvalue weighted by molar-refractivity contribution is 5.87. The Morgan fingerprint density at radius 2 is 1.76 bits per heavy atom. The van der Waals surface area contributed by atoms with Crippen molar-refractivity contribution < 1.29 is 9.90 Å². The maximum Gasteiger partial charge on any atom is 0.335 e. The molecule has 3 atom stereocenters. The van der Waals surface area contributed by atoms with Crippen molar-refractivity contribution in [1.82, 2.24) is 0 Å². The quantitative estimate of drug-likeness (QED) is 0.724. The standard InChI is InChI=1S/C23H24O2/c1-15-10-11-20-19(12-15)14-21(16-6-3-2-4-7-16)22(20)17-8-5-9-18(13-17)23(24)25/h2-9,13,15,21-22H,10-12,14H2,1H3,(H,24,25). The van der Waals surface area contributed by atoms with Crippen LogP contribution >= 0.6 is 0 Å². The number of rotatable bonds is 3. The average molecular weight is 332 g/mol. The molecule has 0 fully saturated rings. The van der Waals surface area contributed by atoms with Crippen LogP contribution in [0.5, 0.6) is 0 Å². The van der Waals surface area contributed by atoms with Gasteiger partial charge in [0.25, 0.3) is 0 Å². The van der Waals surface area contributed by atoms with Crippen molar-refractivity contribution in [3.63, 3.8) is 0 Å². The van der Waals surface area contributed by atoms with Crippen LogP contribution in [0, 0.1) is 5.92 Å². The molecule has 0 heterocycles. The van der Waals surface area contributed by atoms with Gasteiger partial charge in [-0.3, -0.25) is 0 Å². The minimum atomic E-state index is -0.845. The molecule has 2 aromatic carbocycles. The van der Waals surface area contributed by atoms with Crippen molar-refractivity contribution in [1.29, 1.82) is 0 Å². The predicted octanol–water partition coefficient (Wildman–Crippen LogP) is 5.77. The summed E-state index contributed by atoms with van der Waals surface area (Å²) in [6.45, 7) is 2.35. The summed E-state index contributed by atoms with van der Waals surface area (Å²) >= 11 is 0. The Morgan fingerprint density at radius 3 is 2.52 bits per heavy atom. The summed E-state index contributed by atoms with van der Waals surface area (Å²) in [6, 6.07) is 18.3. The van der Waals surface area contributed by atoms with Gasteiger partial charge in [0, 0.05) is 5.92 Å². The van der Waals surface area contributed by atoms with Crippen LogP contribution in [-0.2, 0) is 0 Å². The minimum absolute atomic E-state index is 0.323. The number of carbonyl (C=O) groups is 1. The summed E-state index contributed by atoms with van der Waals surface area (Å²) < 4.78 is 0. The SMILES string of the molecule is CC1CCC2=C(C1)CC(c1ccccc1)C2c1cccc(C(=O)O)c1. The second-order valence-electron chi connectivity index (χ2n) is 7.61. The lowest BCUT2D eigenvalue weighted by molar-refractivity contribution is 0.0696. The fourth-order valence-corrected chi connectivity index (χ4v) is 4.76. The van der Waals surface area contributed by atoms with E-state index in [9.17, 15) is 9.90 Å². The van der Waals surface area contributed by atoms with E-state index in [1.807, 2.05) is 12.1 Å². The third kappa shape index (κ3) is 3.02. The van der Waals surface area contributed by atoms with E-state index >= 15 is 0 Å². The summed E-state index contributed by atoms with van der Waals surface area (Å²) in [5, 5.41) is 9.39. The predicted molar refractivity (Wildman–Crippen MR) is 100.0 cm³/mol. The number of aromatic carboxylic acids is 1. The van der Waals surface area contributed by atoms with Crippen molar-refractivity contribution in [2.45, 2.75) is 44.4 Å². The van der Waals surface area contributed by atoms with Gasteiger partial charge in [-0.25, -0.2) is 4.79 Å². The van der Waals surface area contributed by atoms with Gasteiger partial charge in [-0.15, -0.1) is 0 Å². The number of carboxylic acid groups (broad SMARTS) is 1. The molecule has 0 saturated carbocycles. The first-order valence-electron chi connectivity index (χ1n) is 9.22. The molecule has 128 valence electrons. The van der Waals surface area contributed by atoms with Crippen molar-refractivity contribution >= 4 is 5.97 Å². The fourth-order valence-electron chi connectivity index (χ4n) is 4.76. The smallest absolute Gasteiger partial charge is 0.335 e. The Labute approximate surface area is 149 Å². The molecule has 0 amide bonds. The molecule has 0 aromatic heterocycles. The van der Waals surface area contributed by atoms with Crippen LogP contribution in [0.1, 0.15) is 65.9 Å². The lowest BCUT2D eigenvalue weighted by Gasteiger charge is -2.26. The molecule has 1 N–H and O–H groups in total. The van der Waals surface area contributed by atoms with Gasteiger partial charge < -0.3 is 5.11 Å². The van der Waals surface area contributed by atoms with Crippen molar-refractivity contribution in [2.24, 2.45) is 5.92 Å². The van der Waals surface area contributed by atoms with E-state index in [-0.39, 0.29) is 0 Å². The van der Waals surface area contributed by atoms with Crippen LogP contribution in [0.3, 0.4) is 0 Å². The highest BCUT2D eigenvalue weighted by Gasteiger charge is 2.38.